The summed E-state index contributed by atoms with van der Waals surface area (Å²) in [6.45, 7) is 1.18. The number of fused-ring (bicyclic) bond motifs is 1. The highest BCUT2D eigenvalue weighted by atomic mass is 32.2. The van der Waals surface area contributed by atoms with E-state index in [0.29, 0.717) is 13.2 Å². The zero-order valence-electron chi connectivity index (χ0n) is 9.01. The molecule has 1 aliphatic rings. The van der Waals surface area contributed by atoms with Crippen LogP contribution in [0.5, 0.6) is 11.5 Å². The van der Waals surface area contributed by atoms with Crippen molar-refractivity contribution in [3.05, 3.63) is 29.6 Å². The molecule has 0 saturated carbocycles. The zero-order chi connectivity index (χ0) is 11.7. The van der Waals surface area contributed by atoms with Gasteiger partial charge in [-0.3, -0.25) is 0 Å². The molecule has 0 bridgehead atoms. The largest absolute Gasteiger partial charge is 0.486 e. The van der Waals surface area contributed by atoms with E-state index in [2.05, 4.69) is 11.4 Å². The molecule has 0 atom stereocenters. The fraction of sp³-hybridized carbons (Fsp3) is 0.167. The molecule has 0 fully saturated rings. The van der Waals surface area contributed by atoms with Gasteiger partial charge in [0.25, 0.3) is 0 Å². The van der Waals surface area contributed by atoms with Gasteiger partial charge in [-0.1, -0.05) is 17.8 Å². The van der Waals surface area contributed by atoms with Crippen molar-refractivity contribution in [2.45, 2.75) is 9.10 Å². The van der Waals surface area contributed by atoms with Crippen LogP contribution in [-0.4, -0.2) is 13.2 Å². The predicted octanol–water partition coefficient (Wildman–Crippen LogP) is 3.25. The van der Waals surface area contributed by atoms with Crippen molar-refractivity contribution in [1.82, 2.24) is 0 Å². The molecule has 1 aromatic heterocycles. The molecule has 2 N–H and O–H groups in total. The number of hydrogen-bond acceptors (Lipinski definition) is 5. The molecule has 0 radical (unpaired) electrons. The van der Waals surface area contributed by atoms with Gasteiger partial charge >= 0.3 is 0 Å². The minimum atomic E-state index is 0.587. The van der Waals surface area contributed by atoms with Gasteiger partial charge in [-0.2, -0.15) is 0 Å². The first-order valence-corrected chi connectivity index (χ1v) is 6.93. The maximum atomic E-state index is 6.01. The summed E-state index contributed by atoms with van der Waals surface area (Å²) < 4.78 is 12.2. The third kappa shape index (κ3) is 2.21. The highest BCUT2D eigenvalue weighted by molar-refractivity contribution is 8.01. The molecule has 17 heavy (non-hydrogen) atoms. The second kappa shape index (κ2) is 4.50. The van der Waals surface area contributed by atoms with Crippen LogP contribution in [0, 0.1) is 0 Å². The van der Waals surface area contributed by atoms with E-state index in [1.54, 1.807) is 23.1 Å². The molecule has 0 saturated heterocycles. The average molecular weight is 265 g/mol. The Bertz CT molecular complexity index is 526. The normalized spacial score (nSPS) is 13.6. The molecule has 1 aromatic carbocycles. The number of ether oxygens (including phenoxy) is 2. The third-order valence-electron chi connectivity index (χ3n) is 2.38. The van der Waals surface area contributed by atoms with Gasteiger partial charge in [0, 0.05) is 22.7 Å². The lowest BCUT2D eigenvalue weighted by molar-refractivity contribution is 0.171. The molecule has 0 unspecified atom stereocenters. The smallest absolute Gasteiger partial charge is 0.163 e. The minimum Gasteiger partial charge on any atom is -0.486 e. The van der Waals surface area contributed by atoms with Crippen molar-refractivity contribution in [3.63, 3.8) is 0 Å². The lowest BCUT2D eigenvalue weighted by Crippen LogP contribution is -2.15. The van der Waals surface area contributed by atoms with E-state index in [4.69, 9.17) is 15.2 Å². The summed E-state index contributed by atoms with van der Waals surface area (Å²) in [5, 5.41) is 2.05. The van der Waals surface area contributed by atoms with E-state index in [1.807, 2.05) is 18.2 Å². The van der Waals surface area contributed by atoms with Gasteiger partial charge < -0.3 is 15.2 Å². The molecular formula is C12H11NO2S2. The van der Waals surface area contributed by atoms with Gasteiger partial charge in [-0.25, -0.2) is 0 Å². The first-order chi connectivity index (χ1) is 8.33. The van der Waals surface area contributed by atoms with Gasteiger partial charge in [-0.05, 0) is 11.4 Å². The van der Waals surface area contributed by atoms with Crippen molar-refractivity contribution < 1.29 is 9.47 Å². The van der Waals surface area contributed by atoms with Crippen LogP contribution >= 0.6 is 23.1 Å². The Morgan fingerprint density at radius 1 is 1.18 bits per heavy atom. The van der Waals surface area contributed by atoms with Crippen LogP contribution < -0.4 is 15.2 Å². The van der Waals surface area contributed by atoms with Gasteiger partial charge in [-0.15, -0.1) is 11.3 Å². The Morgan fingerprint density at radius 3 is 2.65 bits per heavy atom. The predicted molar refractivity (Wildman–Crippen MR) is 70.3 cm³/mol. The molecule has 88 valence electrons. The van der Waals surface area contributed by atoms with E-state index >= 15 is 0 Å². The van der Waals surface area contributed by atoms with Crippen LogP contribution in [0.1, 0.15) is 0 Å². The lowest BCUT2D eigenvalue weighted by atomic mass is 10.2. The molecule has 0 amide bonds. The summed E-state index contributed by atoms with van der Waals surface area (Å²) in [6.07, 6.45) is 0. The molecule has 5 heteroatoms. The number of nitrogen functional groups attached to an aromatic ring is 1. The molecule has 3 rings (SSSR count). The monoisotopic (exact) mass is 265 g/mol. The maximum Gasteiger partial charge on any atom is 0.163 e. The minimum absolute atomic E-state index is 0.587. The number of hydrogen-bond donors (Lipinski definition) is 1. The fourth-order valence-corrected chi connectivity index (χ4v) is 3.39. The SMILES string of the molecule is Nc1cc2c(cc1Sc1cccs1)OCCO2. The van der Waals surface area contributed by atoms with Crippen molar-refractivity contribution >= 4 is 28.8 Å². The van der Waals surface area contributed by atoms with Crippen LogP contribution in [-0.2, 0) is 0 Å². The second-order valence-corrected chi connectivity index (χ2v) is 5.86. The second-order valence-electron chi connectivity index (χ2n) is 3.57. The third-order valence-corrected chi connectivity index (χ3v) is 4.49. The van der Waals surface area contributed by atoms with Crippen molar-refractivity contribution in [2.75, 3.05) is 18.9 Å². The summed E-state index contributed by atoms with van der Waals surface area (Å²) in [7, 11) is 0. The Kier molecular flexibility index (Phi) is 2.86. The van der Waals surface area contributed by atoms with Gasteiger partial charge in [0.05, 0.1) is 4.21 Å². The van der Waals surface area contributed by atoms with Crippen molar-refractivity contribution in [2.24, 2.45) is 0 Å². The topological polar surface area (TPSA) is 44.5 Å². The number of anilines is 1. The Labute approximate surface area is 108 Å². The van der Waals surface area contributed by atoms with E-state index in [1.165, 1.54) is 4.21 Å². The standard InChI is InChI=1S/C12H11NO2S2/c13-8-6-9-10(15-4-3-14-9)7-11(8)17-12-2-1-5-16-12/h1-2,5-7H,3-4,13H2. The highest BCUT2D eigenvalue weighted by Gasteiger charge is 2.15. The molecule has 0 aliphatic carbocycles. The van der Waals surface area contributed by atoms with E-state index in [9.17, 15) is 0 Å². The number of thiophene rings is 1. The van der Waals surface area contributed by atoms with E-state index in [0.717, 1.165) is 22.1 Å². The molecular weight excluding hydrogens is 254 g/mol. The number of nitrogens with two attached hydrogens (primary N) is 1. The Morgan fingerprint density at radius 2 is 1.94 bits per heavy atom. The lowest BCUT2D eigenvalue weighted by Gasteiger charge is -2.19. The van der Waals surface area contributed by atoms with Crippen LogP contribution in [0.4, 0.5) is 5.69 Å². The highest BCUT2D eigenvalue weighted by Crippen LogP contribution is 2.41. The number of benzene rings is 1. The van der Waals surface area contributed by atoms with Crippen molar-refractivity contribution in [3.8, 4) is 11.5 Å². The first-order valence-electron chi connectivity index (χ1n) is 5.23. The molecule has 3 nitrogen and oxygen atoms in total. The first kappa shape index (κ1) is 10.8. The average Bonchev–Trinajstić information content (AvgIpc) is 2.83. The van der Waals surface area contributed by atoms with Gasteiger partial charge in [0.2, 0.25) is 0 Å². The van der Waals surface area contributed by atoms with Crippen LogP contribution in [0.2, 0.25) is 0 Å². The van der Waals surface area contributed by atoms with E-state index < -0.39 is 0 Å². The molecule has 2 heterocycles. The van der Waals surface area contributed by atoms with Gasteiger partial charge in [0.1, 0.15) is 13.2 Å². The summed E-state index contributed by atoms with van der Waals surface area (Å²) in [4.78, 5) is 1.01. The fourth-order valence-electron chi connectivity index (χ4n) is 1.60. The Balaban J connectivity index is 1.94. The zero-order valence-corrected chi connectivity index (χ0v) is 10.6. The van der Waals surface area contributed by atoms with Crippen LogP contribution in [0.3, 0.4) is 0 Å². The summed E-state index contributed by atoms with van der Waals surface area (Å²) in [5.74, 6) is 1.52. The summed E-state index contributed by atoms with van der Waals surface area (Å²) >= 11 is 3.35. The molecule has 2 aromatic rings. The molecule has 1 aliphatic heterocycles. The van der Waals surface area contributed by atoms with E-state index in [-0.39, 0.29) is 0 Å². The quantitative estimate of drug-likeness (QED) is 0.847. The summed E-state index contributed by atoms with van der Waals surface area (Å²) in [5.41, 5.74) is 6.74. The summed E-state index contributed by atoms with van der Waals surface area (Å²) in [6, 6.07) is 7.89. The molecule has 0 spiro atoms. The maximum absolute atomic E-state index is 6.01. The Hall–Kier alpha value is -1.33. The van der Waals surface area contributed by atoms with Crippen molar-refractivity contribution in [1.29, 1.82) is 0 Å². The van der Waals surface area contributed by atoms with Gasteiger partial charge in [0.15, 0.2) is 11.5 Å². The number of rotatable bonds is 2. The van der Waals surface area contributed by atoms with Crippen LogP contribution in [0.25, 0.3) is 0 Å². The van der Waals surface area contributed by atoms with Crippen LogP contribution in [0.15, 0.2) is 38.8 Å².